The summed E-state index contributed by atoms with van der Waals surface area (Å²) >= 11 is 12.5. The number of carbonyl (C=O) groups excluding carboxylic acids is 2. The minimum absolute atomic E-state index is 0.0640. The first-order valence-electron chi connectivity index (χ1n) is 11.9. The van der Waals surface area contributed by atoms with Crippen LogP contribution in [0.4, 0.5) is 22.1 Å². The smallest absolute Gasteiger partial charge is 0.319 e. The lowest BCUT2D eigenvalue weighted by Gasteiger charge is -2.33. The number of carbonyl (C=O) groups is 2. The van der Waals surface area contributed by atoms with Gasteiger partial charge in [0.25, 0.3) is 5.91 Å². The highest BCUT2D eigenvalue weighted by Crippen LogP contribution is 2.37. The Kier molecular flexibility index (Phi) is 7.08. The van der Waals surface area contributed by atoms with Gasteiger partial charge in [-0.15, -0.1) is 0 Å². The molecule has 0 unspecified atom stereocenters. The van der Waals surface area contributed by atoms with Gasteiger partial charge in [0, 0.05) is 39.1 Å². The highest BCUT2D eigenvalue weighted by atomic mass is 35.5. The number of anilines is 3. The standard InChI is InChI=1S/C26H26Cl2N6O3/c1-32(2)26(36)33-12-10-17(11-13-33)16-6-8-18(9-7-16)30-25-29-14-19-23(31-25)37-15-34(24(19)35)22-20(27)4-3-5-21(22)28/h3-9,14,17H,10-13,15H2,1-2H3,(H,29,30,31). The molecule has 3 aromatic rings. The maximum Gasteiger partial charge on any atom is 0.319 e. The SMILES string of the molecule is CN(C)C(=O)N1CCC(c2ccc(Nc3ncc4c(n3)OCN(c3c(Cl)cccc3Cl)C4=O)cc2)CC1. The van der Waals surface area contributed by atoms with E-state index in [1.165, 1.54) is 16.7 Å². The number of halogens is 2. The highest BCUT2D eigenvalue weighted by molar-refractivity contribution is 6.40. The lowest BCUT2D eigenvalue weighted by atomic mass is 9.89. The fourth-order valence-corrected chi connectivity index (χ4v) is 5.18. The number of ether oxygens (including phenoxy) is 1. The summed E-state index contributed by atoms with van der Waals surface area (Å²) in [6.45, 7) is 1.44. The van der Waals surface area contributed by atoms with Crippen molar-refractivity contribution in [1.29, 1.82) is 0 Å². The van der Waals surface area contributed by atoms with Crippen LogP contribution < -0.4 is 15.0 Å². The number of aromatic nitrogens is 2. The average Bonchev–Trinajstić information content (AvgIpc) is 2.90. The fraction of sp³-hybridized carbons (Fsp3) is 0.308. The predicted molar refractivity (Wildman–Crippen MR) is 143 cm³/mol. The molecule has 9 nitrogen and oxygen atoms in total. The summed E-state index contributed by atoms with van der Waals surface area (Å²) < 4.78 is 5.75. The number of nitrogens with zero attached hydrogens (tertiary/aromatic N) is 5. The van der Waals surface area contributed by atoms with Crippen molar-refractivity contribution in [3.05, 3.63) is 69.8 Å². The van der Waals surface area contributed by atoms with Crippen LogP contribution in [-0.4, -0.2) is 65.6 Å². The first-order valence-corrected chi connectivity index (χ1v) is 12.7. The quantitative estimate of drug-likeness (QED) is 0.477. The minimum atomic E-state index is -0.342. The molecule has 3 amide bonds. The van der Waals surface area contributed by atoms with Crippen molar-refractivity contribution in [3.8, 4) is 5.88 Å². The summed E-state index contributed by atoms with van der Waals surface area (Å²) in [5.74, 6) is 0.580. The zero-order valence-electron chi connectivity index (χ0n) is 20.4. The molecule has 0 bridgehead atoms. The number of amides is 3. The average molecular weight is 541 g/mol. The van der Waals surface area contributed by atoms with E-state index in [1.54, 1.807) is 37.2 Å². The van der Waals surface area contributed by atoms with E-state index in [9.17, 15) is 9.59 Å². The lowest BCUT2D eigenvalue weighted by molar-refractivity contribution is 0.0932. The molecule has 2 aliphatic rings. The molecule has 0 saturated carbocycles. The van der Waals surface area contributed by atoms with Crippen LogP contribution in [-0.2, 0) is 0 Å². The van der Waals surface area contributed by atoms with E-state index >= 15 is 0 Å². The third kappa shape index (κ3) is 5.14. The molecule has 2 aliphatic heterocycles. The molecule has 192 valence electrons. The molecule has 2 aromatic carbocycles. The molecule has 0 aliphatic carbocycles. The summed E-state index contributed by atoms with van der Waals surface area (Å²) in [6.07, 6.45) is 3.30. The summed E-state index contributed by atoms with van der Waals surface area (Å²) in [7, 11) is 3.56. The third-order valence-electron chi connectivity index (χ3n) is 6.55. The molecule has 11 heteroatoms. The van der Waals surface area contributed by atoms with Crippen LogP contribution in [0.2, 0.25) is 10.0 Å². The van der Waals surface area contributed by atoms with Gasteiger partial charge in [-0.1, -0.05) is 41.4 Å². The second kappa shape index (κ2) is 10.4. The van der Waals surface area contributed by atoms with Crippen molar-refractivity contribution in [2.45, 2.75) is 18.8 Å². The van der Waals surface area contributed by atoms with E-state index in [1.807, 2.05) is 17.0 Å². The Morgan fingerprint density at radius 2 is 1.76 bits per heavy atom. The molecule has 0 atom stereocenters. The third-order valence-corrected chi connectivity index (χ3v) is 7.16. The number of hydrogen-bond donors (Lipinski definition) is 1. The van der Waals surface area contributed by atoms with Crippen LogP contribution in [0.15, 0.2) is 48.7 Å². The molecule has 1 aromatic heterocycles. The molecule has 37 heavy (non-hydrogen) atoms. The van der Waals surface area contributed by atoms with Crippen molar-refractivity contribution in [2.24, 2.45) is 0 Å². The molecule has 0 radical (unpaired) electrons. The van der Waals surface area contributed by atoms with Crippen molar-refractivity contribution in [1.82, 2.24) is 19.8 Å². The molecule has 1 fully saturated rings. The topological polar surface area (TPSA) is 90.9 Å². The summed E-state index contributed by atoms with van der Waals surface area (Å²) in [5.41, 5.74) is 2.66. The number of hydrogen-bond acceptors (Lipinski definition) is 6. The van der Waals surface area contributed by atoms with Crippen molar-refractivity contribution < 1.29 is 14.3 Å². The van der Waals surface area contributed by atoms with Crippen LogP contribution in [0.25, 0.3) is 0 Å². The molecular weight excluding hydrogens is 515 g/mol. The monoisotopic (exact) mass is 540 g/mol. The van der Waals surface area contributed by atoms with Crippen LogP contribution in [0, 0.1) is 0 Å². The number of benzene rings is 2. The summed E-state index contributed by atoms with van der Waals surface area (Å²) in [4.78, 5) is 38.8. The first kappa shape index (κ1) is 25.1. The summed E-state index contributed by atoms with van der Waals surface area (Å²) in [5, 5.41) is 3.87. The number of piperidine rings is 1. The van der Waals surface area contributed by atoms with Crippen LogP contribution in [0.3, 0.4) is 0 Å². The Morgan fingerprint density at radius 3 is 2.41 bits per heavy atom. The number of para-hydroxylation sites is 1. The Morgan fingerprint density at radius 1 is 1.08 bits per heavy atom. The molecule has 1 N–H and O–H groups in total. The number of rotatable bonds is 4. The zero-order chi connectivity index (χ0) is 26.1. The zero-order valence-corrected chi connectivity index (χ0v) is 22.0. The van der Waals surface area contributed by atoms with E-state index in [4.69, 9.17) is 27.9 Å². The van der Waals surface area contributed by atoms with Crippen molar-refractivity contribution >= 4 is 52.5 Å². The van der Waals surface area contributed by atoms with E-state index in [-0.39, 0.29) is 30.1 Å². The van der Waals surface area contributed by atoms with E-state index < -0.39 is 0 Å². The molecular formula is C26H26Cl2N6O3. The first-order chi connectivity index (χ1) is 17.8. The van der Waals surface area contributed by atoms with Gasteiger partial charge in [0.2, 0.25) is 11.8 Å². The minimum Gasteiger partial charge on any atom is -0.455 e. The van der Waals surface area contributed by atoms with Gasteiger partial charge in [0.05, 0.1) is 15.7 Å². The number of urea groups is 1. The van der Waals surface area contributed by atoms with Gasteiger partial charge < -0.3 is 19.9 Å². The maximum atomic E-state index is 13.1. The fourth-order valence-electron chi connectivity index (χ4n) is 4.58. The normalized spacial score (nSPS) is 15.7. The number of likely N-dealkylation sites (tertiary alicyclic amines) is 1. The largest absolute Gasteiger partial charge is 0.455 e. The van der Waals surface area contributed by atoms with Crippen molar-refractivity contribution in [2.75, 3.05) is 44.1 Å². The highest BCUT2D eigenvalue weighted by Gasteiger charge is 2.31. The van der Waals surface area contributed by atoms with Crippen LogP contribution in [0.1, 0.15) is 34.7 Å². The number of nitrogens with one attached hydrogen (secondary N) is 1. The van der Waals surface area contributed by atoms with Crippen molar-refractivity contribution in [3.63, 3.8) is 0 Å². The lowest BCUT2D eigenvalue weighted by Crippen LogP contribution is -2.43. The Balaban J connectivity index is 1.24. The van der Waals surface area contributed by atoms with Crippen LogP contribution in [0.5, 0.6) is 5.88 Å². The second-order valence-corrected chi connectivity index (χ2v) is 9.99. The van der Waals surface area contributed by atoms with Gasteiger partial charge in [-0.2, -0.15) is 4.98 Å². The van der Waals surface area contributed by atoms with E-state index in [0.29, 0.717) is 27.6 Å². The Labute approximate surface area is 224 Å². The molecule has 1 saturated heterocycles. The van der Waals surface area contributed by atoms with Gasteiger partial charge in [0.15, 0.2) is 6.73 Å². The molecule has 5 rings (SSSR count). The van der Waals surface area contributed by atoms with E-state index in [2.05, 4.69) is 27.4 Å². The maximum absolute atomic E-state index is 13.1. The Hall–Kier alpha value is -3.56. The summed E-state index contributed by atoms with van der Waals surface area (Å²) in [6, 6.07) is 13.2. The van der Waals surface area contributed by atoms with Gasteiger partial charge in [-0.05, 0) is 48.6 Å². The molecule has 3 heterocycles. The number of fused-ring (bicyclic) bond motifs is 1. The second-order valence-electron chi connectivity index (χ2n) is 9.17. The van der Waals surface area contributed by atoms with E-state index in [0.717, 1.165) is 31.6 Å². The predicted octanol–water partition coefficient (Wildman–Crippen LogP) is 5.38. The van der Waals surface area contributed by atoms with Gasteiger partial charge in [-0.25, -0.2) is 9.78 Å². The van der Waals surface area contributed by atoms with Crippen LogP contribution >= 0.6 is 23.2 Å². The Bertz CT molecular complexity index is 1310. The molecule has 0 spiro atoms. The van der Waals surface area contributed by atoms with Gasteiger partial charge in [0.1, 0.15) is 5.56 Å². The van der Waals surface area contributed by atoms with Gasteiger partial charge >= 0.3 is 6.03 Å². The van der Waals surface area contributed by atoms with Gasteiger partial charge in [-0.3, -0.25) is 9.69 Å².